The summed E-state index contributed by atoms with van der Waals surface area (Å²) in [5.41, 5.74) is -0.00361. The van der Waals surface area contributed by atoms with Crippen LogP contribution in [0, 0.1) is 0 Å². The Morgan fingerprint density at radius 2 is 1.88 bits per heavy atom. The highest BCUT2D eigenvalue weighted by Gasteiger charge is 2.38. The summed E-state index contributed by atoms with van der Waals surface area (Å²) < 4.78 is 0. The minimum absolute atomic E-state index is 0.427. The van der Waals surface area contributed by atoms with E-state index in [1.165, 1.54) is 0 Å². The van der Waals surface area contributed by atoms with Crippen molar-refractivity contribution in [3.8, 4) is 0 Å². The Labute approximate surface area is 101 Å². The maximum Gasteiger partial charge on any atom is 0.0908 e. The molecule has 0 bridgehead atoms. The summed E-state index contributed by atoms with van der Waals surface area (Å²) >= 11 is 6.03. The molecule has 0 heterocycles. The van der Waals surface area contributed by atoms with Crippen molar-refractivity contribution in [1.82, 2.24) is 0 Å². The van der Waals surface area contributed by atoms with E-state index < -0.39 is 11.7 Å². The van der Waals surface area contributed by atoms with Gasteiger partial charge in [-0.05, 0) is 24.5 Å². The van der Waals surface area contributed by atoms with Crippen LogP contribution in [-0.4, -0.2) is 21.9 Å². The van der Waals surface area contributed by atoms with Crippen LogP contribution in [0.15, 0.2) is 24.3 Å². The number of aliphatic hydroxyl groups excluding tert-OH is 1. The Morgan fingerprint density at radius 1 is 1.25 bits per heavy atom. The second kappa shape index (κ2) is 4.74. The van der Waals surface area contributed by atoms with Crippen molar-refractivity contribution in [3.05, 3.63) is 34.9 Å². The van der Waals surface area contributed by atoms with Gasteiger partial charge in [0.15, 0.2) is 0 Å². The number of hydrogen-bond acceptors (Lipinski definition) is 2. The van der Waals surface area contributed by atoms with Gasteiger partial charge in [0, 0.05) is 11.4 Å². The highest BCUT2D eigenvalue weighted by molar-refractivity contribution is 6.31. The molecule has 0 amide bonds. The van der Waals surface area contributed by atoms with Gasteiger partial charge in [0.2, 0.25) is 0 Å². The fourth-order valence-corrected chi connectivity index (χ4v) is 2.60. The summed E-state index contributed by atoms with van der Waals surface area (Å²) in [5.74, 6) is 0. The minimum Gasteiger partial charge on any atom is -0.390 e. The first-order valence-corrected chi connectivity index (χ1v) is 6.13. The van der Waals surface area contributed by atoms with E-state index in [1.807, 2.05) is 24.3 Å². The average molecular weight is 241 g/mol. The SMILES string of the molecule is OC(Cc1ccccc1Cl)C1(O)CCCC1. The highest BCUT2D eigenvalue weighted by atomic mass is 35.5. The van der Waals surface area contributed by atoms with Gasteiger partial charge < -0.3 is 10.2 Å². The molecule has 0 radical (unpaired) electrons. The molecule has 0 aliphatic heterocycles. The Kier molecular flexibility index (Phi) is 3.53. The van der Waals surface area contributed by atoms with Gasteiger partial charge in [-0.2, -0.15) is 0 Å². The Hall–Kier alpha value is -0.570. The third-order valence-electron chi connectivity index (χ3n) is 3.46. The lowest BCUT2D eigenvalue weighted by atomic mass is 9.90. The largest absolute Gasteiger partial charge is 0.390 e. The van der Waals surface area contributed by atoms with Gasteiger partial charge in [-0.25, -0.2) is 0 Å². The quantitative estimate of drug-likeness (QED) is 0.853. The van der Waals surface area contributed by atoms with Gasteiger partial charge in [-0.1, -0.05) is 42.6 Å². The summed E-state index contributed by atoms with van der Waals surface area (Å²) in [4.78, 5) is 0. The lowest BCUT2D eigenvalue weighted by molar-refractivity contribution is -0.0689. The molecule has 2 rings (SSSR count). The Bertz CT molecular complexity index is 359. The molecule has 1 aliphatic carbocycles. The zero-order chi connectivity index (χ0) is 11.6. The smallest absolute Gasteiger partial charge is 0.0908 e. The van der Waals surface area contributed by atoms with Crippen molar-refractivity contribution in [1.29, 1.82) is 0 Å². The van der Waals surface area contributed by atoms with Gasteiger partial charge in [0.25, 0.3) is 0 Å². The van der Waals surface area contributed by atoms with Crippen LogP contribution in [0.4, 0.5) is 0 Å². The summed E-state index contributed by atoms with van der Waals surface area (Å²) in [6.07, 6.45) is 3.09. The topological polar surface area (TPSA) is 40.5 Å². The number of rotatable bonds is 3. The van der Waals surface area contributed by atoms with Crippen molar-refractivity contribution < 1.29 is 10.2 Å². The van der Waals surface area contributed by atoms with E-state index in [0.717, 1.165) is 18.4 Å². The van der Waals surface area contributed by atoms with Crippen LogP contribution < -0.4 is 0 Å². The lowest BCUT2D eigenvalue weighted by Gasteiger charge is -2.28. The Balaban J connectivity index is 2.07. The number of hydrogen-bond donors (Lipinski definition) is 2. The van der Waals surface area contributed by atoms with Crippen LogP contribution in [0.5, 0.6) is 0 Å². The fourth-order valence-electron chi connectivity index (χ4n) is 2.38. The molecule has 3 heteroatoms. The van der Waals surface area contributed by atoms with E-state index in [0.29, 0.717) is 24.3 Å². The molecule has 1 fully saturated rings. The predicted molar refractivity (Wildman–Crippen MR) is 64.6 cm³/mol. The average Bonchev–Trinajstić information content (AvgIpc) is 2.70. The molecule has 1 unspecified atom stereocenters. The zero-order valence-electron chi connectivity index (χ0n) is 9.19. The number of aliphatic hydroxyl groups is 2. The number of benzene rings is 1. The summed E-state index contributed by atoms with van der Waals surface area (Å²) in [5, 5.41) is 21.0. The lowest BCUT2D eigenvalue weighted by Crippen LogP contribution is -2.40. The first kappa shape index (κ1) is 11.9. The van der Waals surface area contributed by atoms with Crippen molar-refractivity contribution in [3.63, 3.8) is 0 Å². The minimum atomic E-state index is -0.904. The van der Waals surface area contributed by atoms with E-state index >= 15 is 0 Å². The first-order chi connectivity index (χ1) is 7.62. The van der Waals surface area contributed by atoms with Gasteiger partial charge in [-0.15, -0.1) is 0 Å². The molecule has 2 nitrogen and oxygen atoms in total. The third kappa shape index (κ3) is 2.40. The molecule has 0 saturated heterocycles. The van der Waals surface area contributed by atoms with Gasteiger partial charge in [0.05, 0.1) is 11.7 Å². The van der Waals surface area contributed by atoms with Crippen LogP contribution in [0.1, 0.15) is 31.2 Å². The van der Waals surface area contributed by atoms with E-state index in [2.05, 4.69) is 0 Å². The standard InChI is InChI=1S/C13H17ClO2/c14-11-6-2-1-5-10(11)9-12(15)13(16)7-3-4-8-13/h1-2,5-6,12,15-16H,3-4,7-9H2. The van der Waals surface area contributed by atoms with Crippen LogP contribution in [-0.2, 0) is 6.42 Å². The molecular formula is C13H17ClO2. The molecule has 2 N–H and O–H groups in total. The van der Waals surface area contributed by atoms with E-state index in [-0.39, 0.29) is 0 Å². The molecule has 1 aromatic carbocycles. The molecule has 0 spiro atoms. The molecule has 88 valence electrons. The van der Waals surface area contributed by atoms with Gasteiger partial charge in [-0.3, -0.25) is 0 Å². The van der Waals surface area contributed by atoms with Gasteiger partial charge >= 0.3 is 0 Å². The monoisotopic (exact) mass is 240 g/mol. The van der Waals surface area contributed by atoms with Crippen LogP contribution in [0.2, 0.25) is 5.02 Å². The fraction of sp³-hybridized carbons (Fsp3) is 0.538. The van der Waals surface area contributed by atoms with Crippen LogP contribution in [0.25, 0.3) is 0 Å². The zero-order valence-corrected chi connectivity index (χ0v) is 9.95. The van der Waals surface area contributed by atoms with Crippen molar-refractivity contribution in [2.75, 3.05) is 0 Å². The molecule has 1 saturated carbocycles. The summed E-state index contributed by atoms with van der Waals surface area (Å²) in [6.45, 7) is 0. The maximum atomic E-state index is 10.2. The highest BCUT2D eigenvalue weighted by Crippen LogP contribution is 2.34. The second-order valence-corrected chi connectivity index (χ2v) is 5.03. The van der Waals surface area contributed by atoms with Crippen molar-refractivity contribution in [2.24, 2.45) is 0 Å². The molecule has 1 aliphatic rings. The molecule has 1 aromatic rings. The first-order valence-electron chi connectivity index (χ1n) is 5.76. The van der Waals surface area contributed by atoms with E-state index in [1.54, 1.807) is 0 Å². The van der Waals surface area contributed by atoms with Crippen molar-refractivity contribution >= 4 is 11.6 Å². The summed E-state index contributed by atoms with van der Waals surface area (Å²) in [7, 11) is 0. The van der Waals surface area contributed by atoms with Crippen LogP contribution in [0.3, 0.4) is 0 Å². The van der Waals surface area contributed by atoms with Crippen LogP contribution >= 0.6 is 11.6 Å². The molecule has 0 aromatic heterocycles. The molecular weight excluding hydrogens is 224 g/mol. The third-order valence-corrected chi connectivity index (χ3v) is 3.83. The predicted octanol–water partition coefficient (Wildman–Crippen LogP) is 2.55. The molecule has 1 atom stereocenters. The maximum absolute atomic E-state index is 10.2. The number of halogens is 1. The molecule has 16 heavy (non-hydrogen) atoms. The normalized spacial score (nSPS) is 20.9. The second-order valence-electron chi connectivity index (χ2n) is 4.62. The van der Waals surface area contributed by atoms with Crippen molar-refractivity contribution in [2.45, 2.75) is 43.8 Å². The van der Waals surface area contributed by atoms with E-state index in [4.69, 9.17) is 11.6 Å². The Morgan fingerprint density at radius 3 is 2.50 bits per heavy atom. The summed E-state index contributed by atoms with van der Waals surface area (Å²) in [6, 6.07) is 7.46. The van der Waals surface area contributed by atoms with Gasteiger partial charge in [0.1, 0.15) is 0 Å². The van der Waals surface area contributed by atoms with E-state index in [9.17, 15) is 10.2 Å².